The average molecular weight is 645 g/mol. The van der Waals surface area contributed by atoms with Crippen LogP contribution in [0.5, 0.6) is 5.75 Å². The Kier molecular flexibility index (Phi) is 7.97. The molecule has 194 valence electrons. The van der Waals surface area contributed by atoms with Crippen LogP contribution in [0.1, 0.15) is 36.7 Å². The van der Waals surface area contributed by atoms with Gasteiger partial charge in [-0.25, -0.2) is 4.98 Å². The monoisotopic (exact) mass is 643 g/mol. The molecule has 0 bridgehead atoms. The van der Waals surface area contributed by atoms with E-state index in [1.807, 2.05) is 13.8 Å². The smallest absolute Gasteiger partial charge is 0.312 e. The van der Waals surface area contributed by atoms with Gasteiger partial charge in [0.05, 0.1) is 27.0 Å². The van der Waals surface area contributed by atoms with E-state index in [9.17, 15) is 25.0 Å². The maximum Gasteiger partial charge on any atom is 0.312 e. The zero-order valence-electron chi connectivity index (χ0n) is 20.0. The van der Waals surface area contributed by atoms with Gasteiger partial charge in [-0.3, -0.25) is 25.0 Å². The van der Waals surface area contributed by atoms with Crippen molar-refractivity contribution in [2.24, 2.45) is 5.10 Å². The molecule has 0 N–H and O–H groups in total. The van der Waals surface area contributed by atoms with E-state index in [2.05, 4.69) is 41.9 Å². The van der Waals surface area contributed by atoms with E-state index in [1.54, 1.807) is 24.3 Å². The quantitative estimate of drug-likeness (QED) is 0.124. The summed E-state index contributed by atoms with van der Waals surface area (Å²) in [6, 6.07) is 13.7. The predicted octanol–water partition coefficient (Wildman–Crippen LogP) is 6.32. The summed E-state index contributed by atoms with van der Waals surface area (Å²) in [7, 11) is 0. The highest BCUT2D eigenvalue weighted by atomic mass is 79.9. The normalized spacial score (nSPS) is 11.4. The number of non-ortho nitro benzene ring substituents is 1. The largest absolute Gasteiger partial charge is 0.481 e. The fraction of sp³-hybridized carbons (Fsp3) is 0.160. The van der Waals surface area contributed by atoms with Gasteiger partial charge >= 0.3 is 5.69 Å². The van der Waals surface area contributed by atoms with Gasteiger partial charge in [-0.1, -0.05) is 45.7 Å². The number of hydrogen-bond donors (Lipinski definition) is 0. The molecule has 0 aliphatic heterocycles. The zero-order chi connectivity index (χ0) is 27.6. The fourth-order valence-corrected chi connectivity index (χ4v) is 4.45. The lowest BCUT2D eigenvalue weighted by molar-refractivity contribution is -0.386. The van der Waals surface area contributed by atoms with Crippen LogP contribution in [-0.2, 0) is 6.61 Å². The number of halogens is 2. The number of ether oxygens (including phenoxy) is 1. The summed E-state index contributed by atoms with van der Waals surface area (Å²) in [5.74, 6) is 0.192. The molecule has 3 aromatic carbocycles. The zero-order valence-corrected chi connectivity index (χ0v) is 23.2. The number of aromatic nitrogens is 2. The second-order valence-corrected chi connectivity index (χ2v) is 10.3. The van der Waals surface area contributed by atoms with E-state index in [1.165, 1.54) is 41.2 Å². The molecule has 1 aromatic heterocycles. The van der Waals surface area contributed by atoms with E-state index in [-0.39, 0.29) is 35.2 Å². The van der Waals surface area contributed by atoms with Crippen molar-refractivity contribution in [3.63, 3.8) is 0 Å². The highest BCUT2D eigenvalue weighted by Gasteiger charge is 2.21. The third-order valence-corrected chi connectivity index (χ3v) is 6.40. The van der Waals surface area contributed by atoms with Gasteiger partial charge in [-0.2, -0.15) is 9.78 Å². The lowest BCUT2D eigenvalue weighted by Gasteiger charge is -2.13. The summed E-state index contributed by atoms with van der Waals surface area (Å²) in [6.07, 6.45) is 1.31. The number of nitro groups is 2. The topological polar surface area (TPSA) is 143 Å². The maximum absolute atomic E-state index is 13.3. The summed E-state index contributed by atoms with van der Waals surface area (Å²) in [6.45, 7) is 3.66. The van der Waals surface area contributed by atoms with Crippen LogP contribution in [-0.4, -0.2) is 25.7 Å². The van der Waals surface area contributed by atoms with E-state index < -0.39 is 15.4 Å². The van der Waals surface area contributed by atoms with Gasteiger partial charge in [0, 0.05) is 38.6 Å². The molecule has 0 fully saturated rings. The van der Waals surface area contributed by atoms with Crippen LogP contribution in [0.4, 0.5) is 11.4 Å². The van der Waals surface area contributed by atoms with Gasteiger partial charge in [0.1, 0.15) is 12.4 Å². The minimum Gasteiger partial charge on any atom is -0.481 e. The molecule has 0 saturated carbocycles. The Morgan fingerprint density at radius 3 is 2.37 bits per heavy atom. The Labute approximate surface area is 232 Å². The van der Waals surface area contributed by atoms with E-state index in [0.29, 0.717) is 31.2 Å². The molecule has 0 radical (unpaired) electrons. The molecule has 0 saturated heterocycles. The first-order valence-electron chi connectivity index (χ1n) is 11.2. The van der Waals surface area contributed by atoms with Crippen molar-refractivity contribution in [2.45, 2.75) is 26.4 Å². The van der Waals surface area contributed by atoms with Crippen LogP contribution in [0.2, 0.25) is 0 Å². The average Bonchev–Trinajstić information content (AvgIpc) is 2.87. The molecule has 0 spiro atoms. The number of nitrogens with zero attached hydrogens (tertiary/aromatic N) is 5. The number of hydrogen-bond acceptors (Lipinski definition) is 8. The molecular weight excluding hydrogens is 626 g/mol. The van der Waals surface area contributed by atoms with Crippen LogP contribution in [0.15, 0.2) is 73.4 Å². The van der Waals surface area contributed by atoms with Crippen LogP contribution < -0.4 is 10.3 Å². The summed E-state index contributed by atoms with van der Waals surface area (Å²) >= 11 is 6.65. The van der Waals surface area contributed by atoms with E-state index in [0.717, 1.165) is 0 Å². The predicted molar refractivity (Wildman–Crippen MR) is 149 cm³/mol. The van der Waals surface area contributed by atoms with Crippen molar-refractivity contribution in [3.8, 4) is 5.75 Å². The standard InChI is InChI=1S/C25H19Br2N5O6/c1-14(2)24-29-21-8-5-17(26)10-20(21)25(33)30(24)28-12-16-9-18(27)11-22(32(36)37)23(16)38-13-15-3-6-19(7-4-15)31(34)35/h3-12,14H,13H2,1-2H3. The molecule has 11 nitrogen and oxygen atoms in total. The van der Waals surface area contributed by atoms with Crippen molar-refractivity contribution < 1.29 is 14.6 Å². The number of benzene rings is 3. The first kappa shape index (κ1) is 27.1. The molecule has 0 amide bonds. The summed E-state index contributed by atoms with van der Waals surface area (Å²) in [5.41, 5.74) is 0.535. The molecule has 0 aliphatic rings. The second kappa shape index (κ2) is 11.2. The highest BCUT2D eigenvalue weighted by Crippen LogP contribution is 2.34. The van der Waals surface area contributed by atoms with Crippen LogP contribution in [0.3, 0.4) is 0 Å². The number of rotatable bonds is 8. The van der Waals surface area contributed by atoms with E-state index >= 15 is 0 Å². The van der Waals surface area contributed by atoms with E-state index in [4.69, 9.17) is 4.74 Å². The van der Waals surface area contributed by atoms with Crippen molar-refractivity contribution in [2.75, 3.05) is 0 Å². The molecule has 0 aliphatic carbocycles. The SMILES string of the molecule is CC(C)c1nc2ccc(Br)cc2c(=O)n1N=Cc1cc(Br)cc([N+](=O)[O-])c1OCc1ccc([N+](=O)[O-])cc1. The highest BCUT2D eigenvalue weighted by molar-refractivity contribution is 9.10. The van der Waals surface area contributed by atoms with Crippen LogP contribution >= 0.6 is 31.9 Å². The van der Waals surface area contributed by atoms with Crippen molar-refractivity contribution in [3.05, 3.63) is 111 Å². The lowest BCUT2D eigenvalue weighted by atomic mass is 10.1. The third kappa shape index (κ3) is 5.78. The fourth-order valence-electron chi connectivity index (χ4n) is 3.63. The molecule has 4 rings (SSSR count). The Balaban J connectivity index is 1.79. The maximum atomic E-state index is 13.3. The van der Waals surface area contributed by atoms with Gasteiger partial charge in [-0.15, -0.1) is 0 Å². The summed E-state index contributed by atoms with van der Waals surface area (Å²) in [5, 5.41) is 27.5. The van der Waals surface area contributed by atoms with Crippen molar-refractivity contribution in [1.82, 2.24) is 9.66 Å². The van der Waals surface area contributed by atoms with Crippen LogP contribution in [0, 0.1) is 20.2 Å². The lowest BCUT2D eigenvalue weighted by Crippen LogP contribution is -2.23. The minimum absolute atomic E-state index is 0.0732. The van der Waals surface area contributed by atoms with Gasteiger partial charge in [0.2, 0.25) is 5.75 Å². The Morgan fingerprint density at radius 2 is 1.74 bits per heavy atom. The molecule has 0 unspecified atom stereocenters. The Bertz CT molecular complexity index is 1650. The molecule has 13 heteroatoms. The summed E-state index contributed by atoms with van der Waals surface area (Å²) in [4.78, 5) is 39.6. The van der Waals surface area contributed by atoms with Crippen molar-refractivity contribution in [1.29, 1.82) is 0 Å². The molecule has 4 aromatic rings. The molecule has 1 heterocycles. The van der Waals surface area contributed by atoms with Gasteiger partial charge < -0.3 is 4.74 Å². The number of nitro benzene ring substituents is 2. The Morgan fingerprint density at radius 1 is 1.03 bits per heavy atom. The van der Waals surface area contributed by atoms with Gasteiger partial charge in [0.25, 0.3) is 11.2 Å². The van der Waals surface area contributed by atoms with Gasteiger partial charge in [0.15, 0.2) is 0 Å². The molecule has 38 heavy (non-hydrogen) atoms. The van der Waals surface area contributed by atoms with Gasteiger partial charge in [-0.05, 0) is 42.0 Å². The molecular formula is C25H19Br2N5O6. The Hall–Kier alpha value is -3.97. The summed E-state index contributed by atoms with van der Waals surface area (Å²) < 4.78 is 8.11. The second-order valence-electron chi connectivity index (χ2n) is 8.46. The molecule has 0 atom stereocenters. The third-order valence-electron chi connectivity index (χ3n) is 5.45. The van der Waals surface area contributed by atoms with Crippen LogP contribution in [0.25, 0.3) is 10.9 Å². The first-order valence-corrected chi connectivity index (χ1v) is 12.7. The minimum atomic E-state index is -0.589. The van der Waals surface area contributed by atoms with Crippen molar-refractivity contribution >= 4 is 60.4 Å². The first-order chi connectivity index (χ1) is 18.0. The number of fused-ring (bicyclic) bond motifs is 1.